The van der Waals surface area contributed by atoms with E-state index in [4.69, 9.17) is 21.4 Å². The average Bonchev–Trinajstić information content (AvgIpc) is 2.35. The van der Waals surface area contributed by atoms with Crippen LogP contribution in [0.3, 0.4) is 0 Å². The standard InChI is InChI=1S/C13H18ClNO3/c1-4-7-15(9(2)13(16)17)11-8-10(14)5-6-12(11)18-3/h5-6,8-9H,4,7H2,1-3H3,(H,16,17)/t9-/m0/s1. The maximum atomic E-state index is 11.2. The third-order valence-corrected chi connectivity index (χ3v) is 2.97. The Morgan fingerprint density at radius 2 is 2.22 bits per heavy atom. The van der Waals surface area contributed by atoms with E-state index in [1.807, 2.05) is 6.92 Å². The Kier molecular flexibility index (Phi) is 5.28. The molecule has 0 aromatic heterocycles. The quantitative estimate of drug-likeness (QED) is 0.864. The molecule has 0 radical (unpaired) electrons. The number of aliphatic carboxylic acids is 1. The number of methoxy groups -OCH3 is 1. The molecule has 0 spiro atoms. The zero-order valence-corrected chi connectivity index (χ0v) is 11.6. The molecule has 0 aliphatic rings. The number of nitrogens with zero attached hydrogens (tertiary/aromatic N) is 1. The second-order valence-corrected chi connectivity index (χ2v) is 4.46. The van der Waals surface area contributed by atoms with Crippen molar-refractivity contribution in [1.82, 2.24) is 0 Å². The van der Waals surface area contributed by atoms with E-state index in [0.717, 1.165) is 6.42 Å². The lowest BCUT2D eigenvalue weighted by Crippen LogP contribution is -2.39. The highest BCUT2D eigenvalue weighted by Crippen LogP contribution is 2.32. The minimum atomic E-state index is -0.870. The van der Waals surface area contributed by atoms with Crippen LogP contribution in [-0.2, 0) is 4.79 Å². The normalized spacial score (nSPS) is 12.0. The van der Waals surface area contributed by atoms with E-state index in [1.54, 1.807) is 37.1 Å². The van der Waals surface area contributed by atoms with Gasteiger partial charge in [0.25, 0.3) is 0 Å². The molecule has 100 valence electrons. The van der Waals surface area contributed by atoms with Crippen LogP contribution in [0.5, 0.6) is 5.75 Å². The fraction of sp³-hybridized carbons (Fsp3) is 0.462. The zero-order valence-electron chi connectivity index (χ0n) is 10.8. The lowest BCUT2D eigenvalue weighted by atomic mass is 10.2. The van der Waals surface area contributed by atoms with Crippen LogP contribution in [0.25, 0.3) is 0 Å². The van der Waals surface area contributed by atoms with Gasteiger partial charge in [-0.2, -0.15) is 0 Å². The second kappa shape index (κ2) is 6.50. The highest BCUT2D eigenvalue weighted by atomic mass is 35.5. The van der Waals surface area contributed by atoms with Gasteiger partial charge in [-0.3, -0.25) is 0 Å². The molecule has 1 N–H and O–H groups in total. The monoisotopic (exact) mass is 271 g/mol. The van der Waals surface area contributed by atoms with Crippen LogP contribution in [0.1, 0.15) is 20.3 Å². The second-order valence-electron chi connectivity index (χ2n) is 4.02. The van der Waals surface area contributed by atoms with Gasteiger partial charge in [0.05, 0.1) is 12.8 Å². The van der Waals surface area contributed by atoms with E-state index in [0.29, 0.717) is 23.0 Å². The van der Waals surface area contributed by atoms with Crippen LogP contribution in [0, 0.1) is 0 Å². The lowest BCUT2D eigenvalue weighted by Gasteiger charge is -2.29. The van der Waals surface area contributed by atoms with Gasteiger partial charge >= 0.3 is 5.97 Å². The molecule has 0 heterocycles. The fourth-order valence-electron chi connectivity index (χ4n) is 1.78. The van der Waals surface area contributed by atoms with Crippen LogP contribution in [0.4, 0.5) is 5.69 Å². The summed E-state index contributed by atoms with van der Waals surface area (Å²) in [6.45, 7) is 4.28. The molecule has 0 aliphatic heterocycles. The molecule has 4 nitrogen and oxygen atoms in total. The summed E-state index contributed by atoms with van der Waals surface area (Å²) in [5, 5.41) is 9.72. The topological polar surface area (TPSA) is 49.8 Å². The Morgan fingerprint density at radius 3 is 2.72 bits per heavy atom. The fourth-order valence-corrected chi connectivity index (χ4v) is 1.95. The van der Waals surface area contributed by atoms with E-state index in [2.05, 4.69) is 0 Å². The number of ether oxygens (including phenoxy) is 1. The Labute approximate surface area is 112 Å². The number of carboxylic acid groups (broad SMARTS) is 1. The Hall–Kier alpha value is -1.42. The molecule has 0 aliphatic carbocycles. The molecule has 1 rings (SSSR count). The van der Waals surface area contributed by atoms with E-state index in [-0.39, 0.29) is 0 Å². The van der Waals surface area contributed by atoms with Gasteiger partial charge in [0.15, 0.2) is 0 Å². The minimum Gasteiger partial charge on any atom is -0.495 e. The first-order valence-electron chi connectivity index (χ1n) is 5.84. The summed E-state index contributed by atoms with van der Waals surface area (Å²) in [5.41, 5.74) is 0.710. The van der Waals surface area contributed by atoms with Crippen molar-refractivity contribution in [3.05, 3.63) is 23.2 Å². The first-order valence-corrected chi connectivity index (χ1v) is 6.22. The van der Waals surface area contributed by atoms with E-state index >= 15 is 0 Å². The molecule has 5 heteroatoms. The summed E-state index contributed by atoms with van der Waals surface area (Å²) in [6.07, 6.45) is 0.841. The Balaban J connectivity index is 3.19. The van der Waals surface area contributed by atoms with Gasteiger partial charge in [0.1, 0.15) is 11.8 Å². The minimum absolute atomic E-state index is 0.560. The third kappa shape index (κ3) is 3.29. The summed E-state index contributed by atoms with van der Waals surface area (Å²) in [4.78, 5) is 12.9. The highest BCUT2D eigenvalue weighted by Gasteiger charge is 2.23. The number of benzene rings is 1. The van der Waals surface area contributed by atoms with Gasteiger partial charge in [-0.1, -0.05) is 18.5 Å². The molecule has 0 bridgehead atoms. The number of carbonyl (C=O) groups is 1. The van der Waals surface area contributed by atoms with Crippen molar-refractivity contribution in [2.45, 2.75) is 26.3 Å². The number of rotatable bonds is 6. The number of hydrogen-bond donors (Lipinski definition) is 1. The van der Waals surface area contributed by atoms with Crippen LogP contribution >= 0.6 is 11.6 Å². The summed E-state index contributed by atoms with van der Waals surface area (Å²) in [6, 6.07) is 4.57. The summed E-state index contributed by atoms with van der Waals surface area (Å²) in [7, 11) is 1.56. The maximum Gasteiger partial charge on any atom is 0.326 e. The van der Waals surface area contributed by atoms with Crippen molar-refractivity contribution < 1.29 is 14.6 Å². The van der Waals surface area contributed by atoms with Gasteiger partial charge < -0.3 is 14.7 Å². The van der Waals surface area contributed by atoms with Crippen molar-refractivity contribution in [3.8, 4) is 5.75 Å². The van der Waals surface area contributed by atoms with Crippen molar-refractivity contribution in [1.29, 1.82) is 0 Å². The van der Waals surface area contributed by atoms with Gasteiger partial charge in [0.2, 0.25) is 0 Å². The SMILES string of the molecule is CCCN(c1cc(Cl)ccc1OC)[C@@H](C)C(=O)O. The summed E-state index contributed by atoms with van der Waals surface area (Å²) >= 11 is 5.97. The van der Waals surface area contributed by atoms with Gasteiger partial charge in [-0.05, 0) is 31.5 Å². The van der Waals surface area contributed by atoms with Crippen molar-refractivity contribution >= 4 is 23.3 Å². The predicted octanol–water partition coefficient (Wildman–Crippen LogP) is 3.04. The third-order valence-electron chi connectivity index (χ3n) is 2.74. The Morgan fingerprint density at radius 1 is 1.56 bits per heavy atom. The van der Waals surface area contributed by atoms with Gasteiger partial charge in [-0.25, -0.2) is 4.79 Å². The Bertz CT molecular complexity index is 423. The highest BCUT2D eigenvalue weighted by molar-refractivity contribution is 6.31. The molecule has 0 amide bonds. The zero-order chi connectivity index (χ0) is 13.7. The number of carboxylic acids is 1. The lowest BCUT2D eigenvalue weighted by molar-refractivity contribution is -0.138. The first-order chi connectivity index (χ1) is 8.51. The maximum absolute atomic E-state index is 11.2. The number of anilines is 1. The molecule has 1 atom stereocenters. The molecule has 0 unspecified atom stereocenters. The predicted molar refractivity (Wildman–Crippen MR) is 72.7 cm³/mol. The molecule has 0 saturated heterocycles. The summed E-state index contributed by atoms with van der Waals surface area (Å²) in [5.74, 6) is -0.244. The molecular weight excluding hydrogens is 254 g/mol. The number of halogens is 1. The van der Waals surface area contributed by atoms with E-state index in [1.165, 1.54) is 0 Å². The van der Waals surface area contributed by atoms with Crippen LogP contribution < -0.4 is 9.64 Å². The van der Waals surface area contributed by atoms with Crippen molar-refractivity contribution in [2.24, 2.45) is 0 Å². The van der Waals surface area contributed by atoms with Crippen molar-refractivity contribution in [2.75, 3.05) is 18.6 Å². The largest absolute Gasteiger partial charge is 0.495 e. The molecule has 18 heavy (non-hydrogen) atoms. The first kappa shape index (κ1) is 14.6. The van der Waals surface area contributed by atoms with E-state index in [9.17, 15) is 4.79 Å². The molecule has 0 fully saturated rings. The molecular formula is C13H18ClNO3. The summed E-state index contributed by atoms with van der Waals surface area (Å²) < 4.78 is 5.26. The van der Waals surface area contributed by atoms with Crippen LogP contribution in [-0.4, -0.2) is 30.8 Å². The van der Waals surface area contributed by atoms with Crippen LogP contribution in [0.15, 0.2) is 18.2 Å². The number of hydrogen-bond acceptors (Lipinski definition) is 3. The average molecular weight is 272 g/mol. The van der Waals surface area contributed by atoms with Crippen LogP contribution in [0.2, 0.25) is 5.02 Å². The smallest absolute Gasteiger partial charge is 0.326 e. The van der Waals surface area contributed by atoms with E-state index < -0.39 is 12.0 Å². The molecule has 1 aromatic rings. The van der Waals surface area contributed by atoms with Gasteiger partial charge in [0, 0.05) is 11.6 Å². The van der Waals surface area contributed by atoms with Crippen molar-refractivity contribution in [3.63, 3.8) is 0 Å². The molecule has 0 saturated carbocycles. The van der Waals surface area contributed by atoms with Gasteiger partial charge in [-0.15, -0.1) is 0 Å². The molecule has 1 aromatic carbocycles.